The molecule has 1 N–H and O–H groups in total. The number of benzene rings is 2. The number of aryl methyl sites for hydroxylation is 1. The van der Waals surface area contributed by atoms with Gasteiger partial charge in [0, 0.05) is 56.6 Å². The third-order valence-corrected chi connectivity index (χ3v) is 5.11. The Kier molecular flexibility index (Phi) is 4.92. The molecule has 1 saturated heterocycles. The van der Waals surface area contributed by atoms with Crippen LogP contribution in [-0.4, -0.2) is 46.9 Å². The van der Waals surface area contributed by atoms with Gasteiger partial charge in [-0.3, -0.25) is 14.4 Å². The second-order valence-corrected chi connectivity index (χ2v) is 7.04. The van der Waals surface area contributed by atoms with Gasteiger partial charge in [-0.1, -0.05) is 36.4 Å². The van der Waals surface area contributed by atoms with E-state index >= 15 is 0 Å². The van der Waals surface area contributed by atoms with Crippen LogP contribution in [0.1, 0.15) is 22.5 Å². The van der Waals surface area contributed by atoms with Gasteiger partial charge in [0.1, 0.15) is 0 Å². The molecule has 0 bridgehead atoms. The Hall–Kier alpha value is -2.70. The van der Waals surface area contributed by atoms with E-state index in [-0.39, 0.29) is 12.0 Å². The average molecular weight is 364 g/mol. The Bertz CT molecular complexity index is 960. The number of hydrogen-bond donors (Lipinski definition) is 1. The molecule has 1 amide bonds. The molecule has 1 aromatic heterocycles. The zero-order chi connectivity index (χ0) is 18.8. The van der Waals surface area contributed by atoms with Gasteiger partial charge in [0.2, 0.25) is 0 Å². The van der Waals surface area contributed by atoms with Crippen LogP contribution in [0.3, 0.4) is 0 Å². The van der Waals surface area contributed by atoms with E-state index in [4.69, 9.17) is 4.74 Å². The minimum Gasteiger partial charge on any atom is -0.380 e. The smallest absolute Gasteiger partial charge is 0.276 e. The molecule has 1 aliphatic heterocycles. The molecule has 4 rings (SSSR count). The molecule has 6 heteroatoms. The van der Waals surface area contributed by atoms with Crippen LogP contribution in [0, 0.1) is 0 Å². The molecule has 0 radical (unpaired) electrons. The number of aromatic nitrogens is 2. The van der Waals surface area contributed by atoms with Crippen molar-refractivity contribution in [2.75, 3.05) is 25.5 Å². The van der Waals surface area contributed by atoms with Gasteiger partial charge in [-0.05, 0) is 17.9 Å². The number of fused-ring (bicyclic) bond motifs is 1. The van der Waals surface area contributed by atoms with Crippen molar-refractivity contribution in [3.05, 3.63) is 59.9 Å². The van der Waals surface area contributed by atoms with Crippen LogP contribution in [0.15, 0.2) is 48.7 Å². The average Bonchev–Trinajstić information content (AvgIpc) is 3.28. The van der Waals surface area contributed by atoms with Gasteiger partial charge >= 0.3 is 0 Å². The van der Waals surface area contributed by atoms with E-state index in [9.17, 15) is 4.79 Å². The van der Waals surface area contributed by atoms with Crippen molar-refractivity contribution in [3.8, 4) is 0 Å². The highest BCUT2D eigenvalue weighted by Crippen LogP contribution is 2.24. The van der Waals surface area contributed by atoms with Crippen molar-refractivity contribution in [2.45, 2.75) is 19.1 Å². The van der Waals surface area contributed by atoms with Gasteiger partial charge in [-0.25, -0.2) is 0 Å². The fraction of sp³-hybridized carbons (Fsp3) is 0.333. The van der Waals surface area contributed by atoms with Crippen LogP contribution < -0.4 is 5.32 Å². The summed E-state index contributed by atoms with van der Waals surface area (Å²) in [6, 6.07) is 13.9. The number of nitrogens with one attached hydrogen (secondary N) is 1. The van der Waals surface area contributed by atoms with Crippen molar-refractivity contribution in [3.63, 3.8) is 0 Å². The molecule has 6 nitrogen and oxygen atoms in total. The first-order chi connectivity index (χ1) is 13.1. The Balaban J connectivity index is 1.55. The minimum atomic E-state index is -0.176. The summed E-state index contributed by atoms with van der Waals surface area (Å²) in [5.41, 5.74) is 2.22. The number of carbonyl (C=O) groups is 1. The maximum atomic E-state index is 13.0. The third kappa shape index (κ3) is 3.72. The molecule has 3 aromatic rings. The topological polar surface area (TPSA) is 59.4 Å². The lowest BCUT2D eigenvalue weighted by molar-refractivity contribution is 0.101. The first-order valence-corrected chi connectivity index (χ1v) is 9.21. The Morgan fingerprint density at radius 1 is 1.26 bits per heavy atom. The van der Waals surface area contributed by atoms with Crippen molar-refractivity contribution in [1.29, 1.82) is 0 Å². The fourth-order valence-electron chi connectivity index (χ4n) is 3.73. The maximum absolute atomic E-state index is 13.0. The molecule has 0 saturated carbocycles. The number of nitrogens with zero attached hydrogens (tertiary/aromatic N) is 3. The lowest BCUT2D eigenvalue weighted by Crippen LogP contribution is -2.24. The molecular weight excluding hydrogens is 340 g/mol. The summed E-state index contributed by atoms with van der Waals surface area (Å²) in [7, 11) is 3.60. The first-order valence-electron chi connectivity index (χ1n) is 9.21. The zero-order valence-electron chi connectivity index (χ0n) is 15.7. The summed E-state index contributed by atoms with van der Waals surface area (Å²) in [6.07, 6.45) is 3.22. The lowest BCUT2D eigenvalue weighted by Gasteiger charge is -2.15. The summed E-state index contributed by atoms with van der Waals surface area (Å²) in [5, 5.41) is 9.57. The van der Waals surface area contributed by atoms with Crippen LogP contribution in [0.25, 0.3) is 10.8 Å². The lowest BCUT2D eigenvalue weighted by atomic mass is 10.1. The second-order valence-electron chi connectivity index (χ2n) is 7.04. The van der Waals surface area contributed by atoms with E-state index in [0.29, 0.717) is 12.2 Å². The largest absolute Gasteiger partial charge is 0.380 e. The van der Waals surface area contributed by atoms with Crippen LogP contribution in [0.5, 0.6) is 0 Å². The number of rotatable bonds is 5. The van der Waals surface area contributed by atoms with Crippen molar-refractivity contribution in [1.82, 2.24) is 14.7 Å². The molecule has 1 atom stereocenters. The predicted molar refractivity (Wildman–Crippen MR) is 106 cm³/mol. The standard InChI is InChI=1S/C21H24N4O2/c1-24-12-16(13-25-11-10-17(14-25)27-2)20(23-24)21(26)22-19-9-5-7-15-6-3-4-8-18(15)19/h3-9,12,17H,10-11,13-14H2,1-2H3,(H,22,26). The monoisotopic (exact) mass is 364 g/mol. The second kappa shape index (κ2) is 7.50. The van der Waals surface area contributed by atoms with Gasteiger partial charge in [0.15, 0.2) is 5.69 Å². The molecule has 2 aromatic carbocycles. The van der Waals surface area contributed by atoms with E-state index in [1.807, 2.05) is 55.7 Å². The van der Waals surface area contributed by atoms with Gasteiger partial charge in [0.05, 0.1) is 6.10 Å². The van der Waals surface area contributed by atoms with Crippen molar-refractivity contribution < 1.29 is 9.53 Å². The fourth-order valence-corrected chi connectivity index (χ4v) is 3.73. The number of methoxy groups -OCH3 is 1. The highest BCUT2D eigenvalue weighted by atomic mass is 16.5. The Morgan fingerprint density at radius 2 is 2.07 bits per heavy atom. The molecule has 1 unspecified atom stereocenters. The van der Waals surface area contributed by atoms with Gasteiger partial charge in [-0.15, -0.1) is 0 Å². The minimum absolute atomic E-state index is 0.176. The molecule has 2 heterocycles. The molecular formula is C21H24N4O2. The molecule has 0 aliphatic carbocycles. The summed E-state index contributed by atoms with van der Waals surface area (Å²) >= 11 is 0. The summed E-state index contributed by atoms with van der Waals surface area (Å²) in [5.74, 6) is -0.176. The number of amides is 1. The van der Waals surface area contributed by atoms with E-state index in [0.717, 1.165) is 41.5 Å². The molecule has 1 aliphatic rings. The highest BCUT2D eigenvalue weighted by Gasteiger charge is 2.25. The van der Waals surface area contributed by atoms with Crippen LogP contribution >= 0.6 is 0 Å². The van der Waals surface area contributed by atoms with E-state index in [1.54, 1.807) is 11.8 Å². The number of hydrogen-bond acceptors (Lipinski definition) is 4. The Morgan fingerprint density at radius 3 is 2.89 bits per heavy atom. The molecule has 140 valence electrons. The van der Waals surface area contributed by atoms with Gasteiger partial charge in [-0.2, -0.15) is 5.10 Å². The number of carbonyl (C=O) groups excluding carboxylic acids is 1. The quantitative estimate of drug-likeness (QED) is 0.756. The van der Waals surface area contributed by atoms with Crippen molar-refractivity contribution >= 4 is 22.4 Å². The summed E-state index contributed by atoms with van der Waals surface area (Å²) in [4.78, 5) is 15.3. The van der Waals surface area contributed by atoms with Gasteiger partial charge in [0.25, 0.3) is 5.91 Å². The predicted octanol–water partition coefficient (Wildman–Crippen LogP) is 3.05. The Labute approximate surface area is 158 Å². The van der Waals surface area contributed by atoms with E-state index in [2.05, 4.69) is 15.3 Å². The number of anilines is 1. The molecule has 0 spiro atoms. The molecule has 27 heavy (non-hydrogen) atoms. The SMILES string of the molecule is COC1CCN(Cc2cn(C)nc2C(=O)Nc2cccc3ccccc23)C1. The maximum Gasteiger partial charge on any atom is 0.276 e. The van der Waals surface area contributed by atoms with Crippen molar-refractivity contribution in [2.24, 2.45) is 7.05 Å². The van der Waals surface area contributed by atoms with Crippen LogP contribution in [-0.2, 0) is 18.3 Å². The van der Waals surface area contributed by atoms with Crippen LogP contribution in [0.2, 0.25) is 0 Å². The summed E-state index contributed by atoms with van der Waals surface area (Å²) in [6.45, 7) is 2.56. The first kappa shape index (κ1) is 17.7. The summed E-state index contributed by atoms with van der Waals surface area (Å²) < 4.78 is 7.15. The van der Waals surface area contributed by atoms with Gasteiger partial charge < -0.3 is 10.1 Å². The van der Waals surface area contributed by atoms with Crippen LogP contribution in [0.4, 0.5) is 5.69 Å². The van der Waals surface area contributed by atoms with E-state index in [1.165, 1.54) is 0 Å². The highest BCUT2D eigenvalue weighted by molar-refractivity contribution is 6.08. The molecule has 1 fully saturated rings. The number of likely N-dealkylation sites (tertiary alicyclic amines) is 1. The van der Waals surface area contributed by atoms with E-state index < -0.39 is 0 Å². The normalized spacial score (nSPS) is 17.5. The number of ether oxygens (including phenoxy) is 1. The zero-order valence-corrected chi connectivity index (χ0v) is 15.7. The third-order valence-electron chi connectivity index (χ3n) is 5.11.